The molecule has 7 heteroatoms. The lowest BCUT2D eigenvalue weighted by Gasteiger charge is -2.40. The van der Waals surface area contributed by atoms with Gasteiger partial charge < -0.3 is 24.2 Å². The number of carbonyl (C=O) groups is 2. The lowest BCUT2D eigenvalue weighted by Crippen LogP contribution is -2.53. The van der Waals surface area contributed by atoms with Gasteiger partial charge in [0.15, 0.2) is 6.61 Å². The second kappa shape index (κ2) is 6.97. The van der Waals surface area contributed by atoms with Crippen LogP contribution in [0.4, 0.5) is 0 Å². The number of hydrogen-bond donors (Lipinski definition) is 1. The van der Waals surface area contributed by atoms with Crippen molar-refractivity contribution in [2.45, 2.75) is 18.6 Å². The van der Waals surface area contributed by atoms with Crippen molar-refractivity contribution < 1.29 is 28.9 Å². The van der Waals surface area contributed by atoms with Gasteiger partial charge in [0, 0.05) is 18.7 Å². The molecule has 1 amide bonds. The Hall–Kier alpha value is -2.12. The van der Waals surface area contributed by atoms with Crippen LogP contribution in [-0.2, 0) is 14.3 Å². The van der Waals surface area contributed by atoms with Gasteiger partial charge >= 0.3 is 5.97 Å². The van der Waals surface area contributed by atoms with Crippen LogP contribution in [0.1, 0.15) is 16.8 Å². The first kappa shape index (κ1) is 15.8. The quantitative estimate of drug-likeness (QED) is 0.882. The molecule has 3 rings (SSSR count). The van der Waals surface area contributed by atoms with Gasteiger partial charge in [-0.1, -0.05) is 0 Å². The highest BCUT2D eigenvalue weighted by atomic mass is 16.6. The number of carbonyl (C=O) groups excluding carboxylic acids is 1. The van der Waals surface area contributed by atoms with E-state index in [0.29, 0.717) is 37.6 Å². The van der Waals surface area contributed by atoms with Gasteiger partial charge in [-0.2, -0.15) is 0 Å². The molecule has 0 saturated carbocycles. The van der Waals surface area contributed by atoms with E-state index < -0.39 is 12.6 Å². The first-order chi connectivity index (χ1) is 11.1. The highest BCUT2D eigenvalue weighted by molar-refractivity contribution is 5.94. The molecule has 2 heterocycles. The summed E-state index contributed by atoms with van der Waals surface area (Å²) in [5, 5.41) is 8.57. The Balaban J connectivity index is 1.60. The Labute approximate surface area is 133 Å². The third kappa shape index (κ3) is 3.80. The average Bonchev–Trinajstić information content (AvgIpc) is 2.59. The highest BCUT2D eigenvalue weighted by Gasteiger charge is 2.35. The Morgan fingerprint density at radius 3 is 2.57 bits per heavy atom. The third-order valence-corrected chi connectivity index (χ3v) is 4.00. The molecule has 0 aliphatic carbocycles. The second-order valence-electron chi connectivity index (χ2n) is 5.57. The summed E-state index contributed by atoms with van der Waals surface area (Å²) in [6.07, 6.45) is 0.801. The number of ether oxygens (including phenoxy) is 3. The zero-order chi connectivity index (χ0) is 16.2. The van der Waals surface area contributed by atoms with Crippen molar-refractivity contribution in [3.05, 3.63) is 29.8 Å². The molecule has 0 aromatic heterocycles. The van der Waals surface area contributed by atoms with E-state index in [1.54, 1.807) is 29.2 Å². The molecule has 2 aliphatic heterocycles. The van der Waals surface area contributed by atoms with Crippen LogP contribution in [0.2, 0.25) is 0 Å². The largest absolute Gasteiger partial charge is 0.482 e. The number of fused-ring (bicyclic) bond motifs is 1. The molecule has 0 radical (unpaired) electrons. The molecule has 7 nitrogen and oxygen atoms in total. The number of amides is 1. The van der Waals surface area contributed by atoms with Crippen molar-refractivity contribution in [3.8, 4) is 5.75 Å². The Bertz CT molecular complexity index is 572. The number of aliphatic carboxylic acids is 1. The molecular weight excluding hydrogens is 302 g/mol. The van der Waals surface area contributed by atoms with E-state index in [1.807, 2.05) is 0 Å². The number of nitrogens with zero attached hydrogens (tertiary/aromatic N) is 1. The summed E-state index contributed by atoms with van der Waals surface area (Å²) in [6, 6.07) is 6.49. The molecule has 0 spiro atoms. The fraction of sp³-hybridized carbons (Fsp3) is 0.500. The highest BCUT2D eigenvalue weighted by Crippen LogP contribution is 2.22. The van der Waals surface area contributed by atoms with E-state index in [4.69, 9.17) is 19.3 Å². The van der Waals surface area contributed by atoms with E-state index in [9.17, 15) is 9.59 Å². The zero-order valence-electron chi connectivity index (χ0n) is 12.6. The first-order valence-corrected chi connectivity index (χ1v) is 7.60. The predicted octanol–water partition coefficient (Wildman–Crippen LogP) is 0.780. The van der Waals surface area contributed by atoms with E-state index in [1.165, 1.54) is 0 Å². The van der Waals surface area contributed by atoms with Crippen LogP contribution in [0, 0.1) is 0 Å². The maximum Gasteiger partial charge on any atom is 0.341 e. The first-order valence-electron chi connectivity index (χ1n) is 7.60. The van der Waals surface area contributed by atoms with Gasteiger partial charge in [-0.3, -0.25) is 4.79 Å². The second-order valence-corrected chi connectivity index (χ2v) is 5.57. The number of likely N-dealkylation sites (tertiary alicyclic amines) is 1. The summed E-state index contributed by atoms with van der Waals surface area (Å²) < 4.78 is 16.4. The average molecular weight is 321 g/mol. The third-order valence-electron chi connectivity index (χ3n) is 4.00. The summed E-state index contributed by atoms with van der Waals surface area (Å²) in [4.78, 5) is 24.8. The predicted molar refractivity (Wildman–Crippen MR) is 79.6 cm³/mol. The van der Waals surface area contributed by atoms with E-state index >= 15 is 0 Å². The van der Waals surface area contributed by atoms with Crippen molar-refractivity contribution in [1.82, 2.24) is 4.90 Å². The number of hydrogen-bond acceptors (Lipinski definition) is 5. The topological polar surface area (TPSA) is 85.3 Å². The molecule has 0 bridgehead atoms. The molecule has 0 unspecified atom stereocenters. The fourth-order valence-electron chi connectivity index (χ4n) is 2.85. The summed E-state index contributed by atoms with van der Waals surface area (Å²) in [5.41, 5.74) is 0.544. The van der Waals surface area contributed by atoms with Crippen molar-refractivity contribution in [2.75, 3.05) is 32.9 Å². The molecule has 2 fully saturated rings. The molecule has 2 atom stereocenters. The van der Waals surface area contributed by atoms with Crippen molar-refractivity contribution >= 4 is 11.9 Å². The maximum atomic E-state index is 12.5. The fourth-order valence-corrected chi connectivity index (χ4v) is 2.85. The van der Waals surface area contributed by atoms with Crippen molar-refractivity contribution in [1.29, 1.82) is 0 Å². The van der Waals surface area contributed by atoms with Crippen molar-refractivity contribution in [3.63, 3.8) is 0 Å². The molecule has 23 heavy (non-hydrogen) atoms. The molecule has 2 saturated heterocycles. The number of rotatable bonds is 4. The molecule has 1 N–H and O–H groups in total. The van der Waals surface area contributed by atoms with E-state index in [-0.39, 0.29) is 18.1 Å². The Morgan fingerprint density at radius 1 is 1.17 bits per heavy atom. The van der Waals surface area contributed by atoms with Gasteiger partial charge in [-0.05, 0) is 30.7 Å². The summed E-state index contributed by atoms with van der Waals surface area (Å²) >= 11 is 0. The van der Waals surface area contributed by atoms with Crippen LogP contribution >= 0.6 is 0 Å². The summed E-state index contributed by atoms with van der Waals surface area (Å²) in [6.45, 7) is 1.95. The van der Waals surface area contributed by atoms with Crippen LogP contribution in [0.5, 0.6) is 5.75 Å². The van der Waals surface area contributed by atoms with E-state index in [2.05, 4.69) is 0 Å². The van der Waals surface area contributed by atoms with Gasteiger partial charge in [0.05, 0.1) is 19.3 Å². The van der Waals surface area contributed by atoms with Gasteiger partial charge in [0.25, 0.3) is 5.91 Å². The lowest BCUT2D eigenvalue weighted by atomic mass is 10.0. The Kier molecular flexibility index (Phi) is 4.78. The lowest BCUT2D eigenvalue weighted by molar-refractivity contribution is -0.160. The minimum absolute atomic E-state index is 0.0559. The number of benzene rings is 1. The molecule has 124 valence electrons. The normalized spacial score (nSPS) is 23.9. The minimum atomic E-state index is -1.04. The molecule has 1 aromatic carbocycles. The zero-order valence-corrected chi connectivity index (χ0v) is 12.6. The molecule has 2 aliphatic rings. The van der Waals surface area contributed by atoms with Gasteiger partial charge in [0.2, 0.25) is 0 Å². The monoisotopic (exact) mass is 321 g/mol. The van der Waals surface area contributed by atoms with Crippen LogP contribution < -0.4 is 4.74 Å². The van der Waals surface area contributed by atoms with E-state index in [0.717, 1.165) is 6.42 Å². The number of piperidine rings is 1. The van der Waals surface area contributed by atoms with Gasteiger partial charge in [-0.15, -0.1) is 0 Å². The summed E-state index contributed by atoms with van der Waals surface area (Å²) in [5.74, 6) is -0.684. The number of carboxylic acid groups (broad SMARTS) is 1. The molecule has 1 aromatic rings. The van der Waals surface area contributed by atoms with Crippen molar-refractivity contribution in [2.24, 2.45) is 0 Å². The van der Waals surface area contributed by atoms with Crippen LogP contribution in [0.15, 0.2) is 24.3 Å². The van der Waals surface area contributed by atoms with Gasteiger partial charge in [-0.25, -0.2) is 4.79 Å². The van der Waals surface area contributed by atoms with Crippen LogP contribution in [0.25, 0.3) is 0 Å². The minimum Gasteiger partial charge on any atom is -0.482 e. The van der Waals surface area contributed by atoms with Crippen LogP contribution in [0.3, 0.4) is 0 Å². The molecular formula is C16H19NO6. The van der Waals surface area contributed by atoms with Gasteiger partial charge in [0.1, 0.15) is 11.9 Å². The number of carboxylic acids is 1. The smallest absolute Gasteiger partial charge is 0.341 e. The van der Waals surface area contributed by atoms with Crippen LogP contribution in [-0.4, -0.2) is 67.0 Å². The Morgan fingerprint density at radius 2 is 1.87 bits per heavy atom. The standard InChI is InChI=1S/C16H19NO6/c18-15(19)10-23-12-3-1-11(2-4-12)16(20)17-6-5-13-14(9-17)22-8-7-21-13/h1-4,13-14H,5-10H2,(H,18,19)/t13-,14-/m0/s1. The SMILES string of the molecule is O=C(O)COc1ccc(C(=O)N2CC[C@@H]3OCCO[C@H]3C2)cc1. The summed E-state index contributed by atoms with van der Waals surface area (Å²) in [7, 11) is 0. The maximum absolute atomic E-state index is 12.5.